The molecule has 2 N–H and O–H groups in total. The van der Waals surface area contributed by atoms with Crippen molar-refractivity contribution in [2.45, 2.75) is 19.4 Å². The molecule has 0 rings (SSSR count). The van der Waals surface area contributed by atoms with Gasteiger partial charge in [0.1, 0.15) is 0 Å². The summed E-state index contributed by atoms with van der Waals surface area (Å²) in [6.45, 7) is 1.26. The number of aliphatic hydroxyl groups is 2. The van der Waals surface area contributed by atoms with E-state index in [2.05, 4.69) is 0 Å². The number of aliphatic hydroxyl groups excluding tert-OH is 1. The zero-order valence-corrected chi connectivity index (χ0v) is 7.98. The zero-order valence-electron chi connectivity index (χ0n) is 6.42. The van der Waals surface area contributed by atoms with Gasteiger partial charge in [-0.2, -0.15) is 0 Å². The third-order valence-electron chi connectivity index (χ3n) is 1.39. The summed E-state index contributed by atoms with van der Waals surface area (Å²) < 4.78 is 0. The quantitative estimate of drug-likeness (QED) is 0.441. The fraction of sp³-hybridized carbons (Fsp3) is 0.667. The van der Waals surface area contributed by atoms with Crippen molar-refractivity contribution >= 4 is 11.6 Å². The fourth-order valence-electron chi connectivity index (χ4n) is 0.471. The van der Waals surface area contributed by atoms with Crippen LogP contribution in [0, 0.1) is 0 Å². The summed E-state index contributed by atoms with van der Waals surface area (Å²) in [5, 5.41) is 17.5. The van der Waals surface area contributed by atoms with Gasteiger partial charge in [0.05, 0.1) is 6.61 Å². The Morgan fingerprint density at radius 1 is 1.27 bits per heavy atom. The van der Waals surface area contributed by atoms with Crippen molar-refractivity contribution in [1.29, 1.82) is 0 Å². The summed E-state index contributed by atoms with van der Waals surface area (Å²) in [5.74, 6) is -1.47. The molecule has 0 fully saturated rings. The van der Waals surface area contributed by atoms with Crippen LogP contribution >= 0.6 is 0 Å². The number of carbonyl (C=O) groups is 2. The molecule has 0 amide bonds. The van der Waals surface area contributed by atoms with Crippen molar-refractivity contribution in [2.24, 2.45) is 0 Å². The molecular formula is C6H10O4Ti. The van der Waals surface area contributed by atoms with Crippen LogP contribution in [0.25, 0.3) is 0 Å². The van der Waals surface area contributed by atoms with E-state index in [0.29, 0.717) is 0 Å². The molecule has 0 aliphatic heterocycles. The second-order valence-corrected chi connectivity index (χ2v) is 2.13. The Balaban J connectivity index is 0. The van der Waals surface area contributed by atoms with Crippen molar-refractivity contribution in [3.63, 3.8) is 0 Å². The average Bonchev–Trinajstić information content (AvgIpc) is 1.85. The summed E-state index contributed by atoms with van der Waals surface area (Å²) in [4.78, 5) is 21.0. The van der Waals surface area contributed by atoms with Crippen LogP contribution in [0.2, 0.25) is 0 Å². The van der Waals surface area contributed by atoms with Crippen LogP contribution in [-0.4, -0.2) is 34.0 Å². The van der Waals surface area contributed by atoms with Crippen molar-refractivity contribution in [2.75, 3.05) is 6.61 Å². The van der Waals surface area contributed by atoms with Gasteiger partial charge in [-0.25, -0.2) is 0 Å². The van der Waals surface area contributed by atoms with E-state index >= 15 is 0 Å². The van der Waals surface area contributed by atoms with Gasteiger partial charge in [-0.05, 0) is 13.8 Å². The molecule has 4 nitrogen and oxygen atoms in total. The Morgan fingerprint density at radius 2 is 1.55 bits per heavy atom. The first-order valence-electron chi connectivity index (χ1n) is 2.80. The third-order valence-corrected chi connectivity index (χ3v) is 1.39. The van der Waals surface area contributed by atoms with Crippen molar-refractivity contribution < 1.29 is 41.5 Å². The van der Waals surface area contributed by atoms with Gasteiger partial charge in [-0.15, -0.1) is 0 Å². The second-order valence-electron chi connectivity index (χ2n) is 2.13. The van der Waals surface area contributed by atoms with Gasteiger partial charge >= 0.3 is 0 Å². The van der Waals surface area contributed by atoms with E-state index in [1.165, 1.54) is 0 Å². The van der Waals surface area contributed by atoms with Crippen molar-refractivity contribution in [3.05, 3.63) is 0 Å². The Kier molecular flexibility index (Phi) is 5.88. The molecule has 0 unspecified atom stereocenters. The molecule has 0 spiro atoms. The topological polar surface area (TPSA) is 74.6 Å². The predicted molar refractivity (Wildman–Crippen MR) is 33.4 cm³/mol. The molecule has 0 aromatic heterocycles. The molecule has 0 bridgehead atoms. The van der Waals surface area contributed by atoms with Crippen LogP contribution in [-0.2, 0) is 31.3 Å². The summed E-state index contributed by atoms with van der Waals surface area (Å²) in [6, 6.07) is 0. The smallest absolute Gasteiger partial charge is 0.203 e. The molecule has 0 radical (unpaired) electrons. The maximum atomic E-state index is 10.5. The SMILES string of the molecule is CC(=O)C(O)(CO)C(C)=O.[Ti]. The van der Waals surface area contributed by atoms with Crippen LogP contribution < -0.4 is 0 Å². The van der Waals surface area contributed by atoms with Gasteiger partial charge in [0.2, 0.25) is 5.60 Å². The number of ketones is 2. The van der Waals surface area contributed by atoms with E-state index in [4.69, 9.17) is 10.2 Å². The monoisotopic (exact) mass is 194 g/mol. The van der Waals surface area contributed by atoms with Gasteiger partial charge in [-0.3, -0.25) is 9.59 Å². The third kappa shape index (κ3) is 2.83. The van der Waals surface area contributed by atoms with E-state index in [-0.39, 0.29) is 21.7 Å². The van der Waals surface area contributed by atoms with E-state index in [1.54, 1.807) is 0 Å². The summed E-state index contributed by atoms with van der Waals surface area (Å²) >= 11 is 0. The first kappa shape index (κ1) is 13.6. The Morgan fingerprint density at radius 3 is 1.55 bits per heavy atom. The zero-order chi connectivity index (χ0) is 8.36. The summed E-state index contributed by atoms with van der Waals surface area (Å²) in [6.07, 6.45) is 0. The van der Waals surface area contributed by atoms with E-state index < -0.39 is 23.8 Å². The van der Waals surface area contributed by atoms with Gasteiger partial charge < -0.3 is 10.2 Å². The number of rotatable bonds is 3. The van der Waals surface area contributed by atoms with Crippen molar-refractivity contribution in [1.82, 2.24) is 0 Å². The molecule has 0 aromatic rings. The van der Waals surface area contributed by atoms with Crippen LogP contribution in [0.4, 0.5) is 0 Å². The largest absolute Gasteiger partial charge is 0.392 e. The van der Waals surface area contributed by atoms with Crippen LogP contribution in [0.5, 0.6) is 0 Å². The number of carbonyl (C=O) groups excluding carboxylic acids is 2. The second kappa shape index (κ2) is 4.77. The first-order chi connectivity index (χ1) is 4.45. The molecule has 0 saturated heterocycles. The van der Waals surface area contributed by atoms with Crippen molar-refractivity contribution in [3.8, 4) is 0 Å². The molecule has 62 valence electrons. The number of hydrogen-bond donors (Lipinski definition) is 2. The first-order valence-corrected chi connectivity index (χ1v) is 2.80. The molecule has 0 atom stereocenters. The molecule has 11 heavy (non-hydrogen) atoms. The molecular weight excluding hydrogens is 184 g/mol. The normalized spacial score (nSPS) is 10.2. The van der Waals surface area contributed by atoms with Crippen LogP contribution in [0.15, 0.2) is 0 Å². The Labute approximate surface area is 79.5 Å². The van der Waals surface area contributed by atoms with Gasteiger partial charge in [0.25, 0.3) is 0 Å². The van der Waals surface area contributed by atoms with E-state index in [9.17, 15) is 9.59 Å². The predicted octanol–water partition coefficient (Wildman–Crippen LogP) is -1.11. The molecule has 0 saturated carbocycles. The minimum absolute atomic E-state index is 0. The molecule has 5 heteroatoms. The van der Waals surface area contributed by atoms with Gasteiger partial charge in [0.15, 0.2) is 11.6 Å². The Bertz CT molecular complexity index is 152. The molecule has 0 aromatic carbocycles. The average molecular weight is 194 g/mol. The fourth-order valence-corrected chi connectivity index (χ4v) is 0.471. The standard InChI is InChI=1S/C6H10O4.Ti/c1-4(8)6(10,3-7)5(2)9;/h7,10H,3H2,1-2H3;. The van der Waals surface area contributed by atoms with Gasteiger partial charge in [0, 0.05) is 21.7 Å². The minimum atomic E-state index is -2.18. The molecule has 0 aliphatic rings. The van der Waals surface area contributed by atoms with Gasteiger partial charge in [-0.1, -0.05) is 0 Å². The Hall–Kier alpha value is -0.0257. The van der Waals surface area contributed by atoms with Crippen LogP contribution in [0.3, 0.4) is 0 Å². The number of hydrogen-bond acceptors (Lipinski definition) is 4. The maximum Gasteiger partial charge on any atom is 0.203 e. The van der Waals surface area contributed by atoms with Crippen LogP contribution in [0.1, 0.15) is 13.8 Å². The summed E-state index contributed by atoms with van der Waals surface area (Å²) in [7, 11) is 0. The maximum absolute atomic E-state index is 10.5. The molecule has 0 heterocycles. The molecule has 0 aliphatic carbocycles. The van der Waals surface area contributed by atoms with E-state index in [0.717, 1.165) is 13.8 Å². The minimum Gasteiger partial charge on any atom is -0.392 e. The van der Waals surface area contributed by atoms with E-state index in [1.807, 2.05) is 0 Å². The summed E-state index contributed by atoms with van der Waals surface area (Å²) in [5.41, 5.74) is -2.18. The number of Topliss-reactive ketones (excluding diaryl/α,β-unsaturated/α-hetero) is 2.